The van der Waals surface area contributed by atoms with Crippen LogP contribution in [-0.4, -0.2) is 21.8 Å². The van der Waals surface area contributed by atoms with Crippen molar-refractivity contribution < 1.29 is 9.13 Å². The number of hydrogen-bond donors (Lipinski definition) is 1. The number of benzene rings is 2. The number of nitrogens with one attached hydrogen (secondary N) is 1. The van der Waals surface area contributed by atoms with Crippen molar-refractivity contribution in [3.8, 4) is 28.3 Å². The molecule has 4 nitrogen and oxygen atoms in total. The predicted octanol–water partition coefficient (Wildman–Crippen LogP) is 4.77. The number of aromatic amines is 1. The fourth-order valence-corrected chi connectivity index (χ4v) is 2.48. The molecule has 0 unspecified atom stereocenters. The van der Waals surface area contributed by atoms with Crippen LogP contribution in [0.2, 0.25) is 0 Å². The number of H-pyrrole nitrogens is 1. The molecule has 0 atom stereocenters. The second-order valence-corrected chi connectivity index (χ2v) is 5.64. The van der Waals surface area contributed by atoms with Crippen LogP contribution in [0, 0.1) is 12.7 Å². The van der Waals surface area contributed by atoms with Gasteiger partial charge in [-0.05, 0) is 37.6 Å². The Morgan fingerprint density at radius 1 is 1.12 bits per heavy atom. The molecule has 0 amide bonds. The number of nitrogens with zero attached hydrogens (tertiary/aromatic N) is 2. The minimum Gasteiger partial charge on any atom is -0.493 e. The zero-order valence-electron chi connectivity index (χ0n) is 13.8. The molecule has 1 aromatic heterocycles. The van der Waals surface area contributed by atoms with E-state index in [2.05, 4.69) is 22.1 Å². The van der Waals surface area contributed by atoms with Gasteiger partial charge in [0.25, 0.3) is 0 Å². The summed E-state index contributed by atoms with van der Waals surface area (Å²) in [4.78, 5) is 4.31. The second kappa shape index (κ2) is 7.25. The first-order chi connectivity index (χ1) is 11.7. The van der Waals surface area contributed by atoms with E-state index >= 15 is 0 Å². The van der Waals surface area contributed by atoms with Crippen LogP contribution >= 0.6 is 0 Å². The predicted molar refractivity (Wildman–Crippen MR) is 92.4 cm³/mol. The highest BCUT2D eigenvalue weighted by Crippen LogP contribution is 2.34. The van der Waals surface area contributed by atoms with Gasteiger partial charge in [0.05, 0.1) is 6.61 Å². The Morgan fingerprint density at radius 2 is 1.96 bits per heavy atom. The van der Waals surface area contributed by atoms with Gasteiger partial charge in [-0.2, -0.15) is 5.10 Å². The number of rotatable bonds is 6. The van der Waals surface area contributed by atoms with Crippen LogP contribution in [-0.2, 0) is 0 Å². The molecule has 3 aromatic rings. The monoisotopic (exact) mass is 325 g/mol. The quantitative estimate of drug-likeness (QED) is 0.664. The van der Waals surface area contributed by atoms with Crippen molar-refractivity contribution in [2.75, 3.05) is 6.61 Å². The third-order valence-corrected chi connectivity index (χ3v) is 3.75. The topological polar surface area (TPSA) is 50.8 Å². The fourth-order valence-electron chi connectivity index (χ4n) is 2.48. The molecule has 0 spiro atoms. The van der Waals surface area contributed by atoms with Gasteiger partial charge < -0.3 is 4.74 Å². The molecule has 24 heavy (non-hydrogen) atoms. The summed E-state index contributed by atoms with van der Waals surface area (Å²) in [6, 6.07) is 12.4. The minimum atomic E-state index is -0.294. The van der Waals surface area contributed by atoms with Crippen LogP contribution in [0.3, 0.4) is 0 Å². The number of unbranched alkanes of at least 4 members (excludes halogenated alkanes) is 1. The summed E-state index contributed by atoms with van der Waals surface area (Å²) in [7, 11) is 0. The number of para-hydroxylation sites is 1. The van der Waals surface area contributed by atoms with Gasteiger partial charge in [0.1, 0.15) is 17.4 Å². The largest absolute Gasteiger partial charge is 0.493 e. The van der Waals surface area contributed by atoms with Crippen molar-refractivity contribution in [2.45, 2.75) is 26.7 Å². The number of ether oxygens (including phenoxy) is 1. The van der Waals surface area contributed by atoms with Crippen molar-refractivity contribution >= 4 is 0 Å². The van der Waals surface area contributed by atoms with E-state index in [0.29, 0.717) is 23.7 Å². The average molecular weight is 325 g/mol. The fraction of sp³-hybridized carbons (Fsp3) is 0.263. The van der Waals surface area contributed by atoms with Crippen molar-refractivity contribution in [3.05, 3.63) is 54.1 Å². The maximum atomic E-state index is 14.4. The average Bonchev–Trinajstić information content (AvgIpc) is 3.03. The third-order valence-electron chi connectivity index (χ3n) is 3.75. The number of hydrogen-bond acceptors (Lipinski definition) is 3. The lowest BCUT2D eigenvalue weighted by Gasteiger charge is -2.12. The van der Waals surface area contributed by atoms with Crippen molar-refractivity contribution in [1.82, 2.24) is 15.2 Å². The van der Waals surface area contributed by atoms with Crippen LogP contribution in [0.4, 0.5) is 4.39 Å². The van der Waals surface area contributed by atoms with E-state index in [1.807, 2.05) is 31.2 Å². The molecule has 0 radical (unpaired) electrons. The lowest BCUT2D eigenvalue weighted by molar-refractivity contribution is 0.310. The van der Waals surface area contributed by atoms with Crippen LogP contribution in [0.25, 0.3) is 22.5 Å². The van der Waals surface area contributed by atoms with Crippen molar-refractivity contribution in [2.24, 2.45) is 0 Å². The van der Waals surface area contributed by atoms with Gasteiger partial charge in [-0.1, -0.05) is 31.5 Å². The first kappa shape index (κ1) is 16.2. The van der Waals surface area contributed by atoms with Crippen LogP contribution in [0.1, 0.15) is 25.6 Å². The highest BCUT2D eigenvalue weighted by atomic mass is 19.1. The number of aromatic nitrogens is 3. The van der Waals surface area contributed by atoms with Crippen molar-refractivity contribution in [1.29, 1.82) is 0 Å². The molecule has 124 valence electrons. The van der Waals surface area contributed by atoms with Gasteiger partial charge in [0.2, 0.25) is 0 Å². The van der Waals surface area contributed by atoms with Gasteiger partial charge in [-0.15, -0.1) is 0 Å². The van der Waals surface area contributed by atoms with E-state index in [1.165, 1.54) is 6.07 Å². The maximum absolute atomic E-state index is 14.4. The Hall–Kier alpha value is -2.69. The summed E-state index contributed by atoms with van der Waals surface area (Å²) < 4.78 is 20.3. The molecular weight excluding hydrogens is 305 g/mol. The lowest BCUT2D eigenvalue weighted by Crippen LogP contribution is -1.99. The molecule has 3 rings (SSSR count). The first-order valence-corrected chi connectivity index (χ1v) is 8.10. The molecule has 0 fully saturated rings. The Labute approximate surface area is 140 Å². The Balaban J connectivity index is 2.00. The van der Waals surface area contributed by atoms with Crippen molar-refractivity contribution in [3.63, 3.8) is 0 Å². The summed E-state index contributed by atoms with van der Waals surface area (Å²) in [6.07, 6.45) is 2.02. The molecule has 0 saturated heterocycles. The first-order valence-electron chi connectivity index (χ1n) is 8.10. The summed E-state index contributed by atoms with van der Waals surface area (Å²) in [5, 5.41) is 6.95. The highest BCUT2D eigenvalue weighted by Gasteiger charge is 2.13. The van der Waals surface area contributed by atoms with Gasteiger partial charge in [0, 0.05) is 16.7 Å². The highest BCUT2D eigenvalue weighted by molar-refractivity contribution is 5.75. The molecule has 1 N–H and O–H groups in total. The minimum absolute atomic E-state index is 0.294. The molecule has 0 aliphatic heterocycles. The third kappa shape index (κ3) is 3.45. The van der Waals surface area contributed by atoms with Gasteiger partial charge in [-0.25, -0.2) is 9.37 Å². The molecule has 0 bridgehead atoms. The normalized spacial score (nSPS) is 10.8. The number of halogens is 1. The molecule has 1 heterocycles. The maximum Gasteiger partial charge on any atom is 0.181 e. The zero-order chi connectivity index (χ0) is 16.9. The Morgan fingerprint density at radius 3 is 2.71 bits per heavy atom. The molecule has 0 saturated carbocycles. The van der Waals surface area contributed by atoms with Gasteiger partial charge in [-0.3, -0.25) is 5.10 Å². The zero-order valence-corrected chi connectivity index (χ0v) is 13.8. The molecule has 0 aliphatic rings. The summed E-state index contributed by atoms with van der Waals surface area (Å²) in [5.41, 5.74) is 1.99. The van der Waals surface area contributed by atoms with E-state index < -0.39 is 0 Å². The SMILES string of the molecule is CCCCOc1ccccc1-c1cc(-c2n[nH]c(C)n2)ccc1F. The van der Waals surface area contributed by atoms with Gasteiger partial charge in [0.15, 0.2) is 5.82 Å². The van der Waals surface area contributed by atoms with E-state index in [-0.39, 0.29) is 5.82 Å². The summed E-state index contributed by atoms with van der Waals surface area (Å²) >= 11 is 0. The number of aryl methyl sites for hydroxylation is 1. The van der Waals surface area contributed by atoms with Crippen LogP contribution in [0.5, 0.6) is 5.75 Å². The molecule has 2 aromatic carbocycles. The van der Waals surface area contributed by atoms with Crippen LogP contribution in [0.15, 0.2) is 42.5 Å². The van der Waals surface area contributed by atoms with E-state index in [0.717, 1.165) is 29.8 Å². The van der Waals surface area contributed by atoms with Gasteiger partial charge >= 0.3 is 0 Å². The lowest BCUT2D eigenvalue weighted by atomic mass is 10.0. The summed E-state index contributed by atoms with van der Waals surface area (Å²) in [5.74, 6) is 1.67. The van der Waals surface area contributed by atoms with E-state index in [9.17, 15) is 4.39 Å². The van der Waals surface area contributed by atoms with E-state index in [1.54, 1.807) is 12.1 Å². The molecule has 0 aliphatic carbocycles. The summed E-state index contributed by atoms with van der Waals surface area (Å²) in [6.45, 7) is 4.56. The molecular formula is C19H20FN3O. The smallest absolute Gasteiger partial charge is 0.181 e. The Kier molecular flexibility index (Phi) is 4.89. The van der Waals surface area contributed by atoms with Crippen LogP contribution < -0.4 is 4.74 Å². The Bertz CT molecular complexity index is 829. The second-order valence-electron chi connectivity index (χ2n) is 5.64. The van der Waals surface area contributed by atoms with E-state index in [4.69, 9.17) is 4.74 Å². The standard InChI is InChI=1S/C19H20FN3O/c1-3-4-11-24-18-8-6-5-7-15(18)16-12-14(9-10-17(16)20)19-21-13(2)22-23-19/h5-10,12H,3-4,11H2,1-2H3,(H,21,22,23). The molecule has 5 heteroatoms.